The molecule has 162 valence electrons. The fourth-order valence-electron chi connectivity index (χ4n) is 6.62. The molecule has 1 aromatic heterocycles. The lowest BCUT2D eigenvalue weighted by Gasteiger charge is -2.35. The zero-order chi connectivity index (χ0) is 20.9. The maximum atomic E-state index is 3.86. The summed E-state index contributed by atoms with van der Waals surface area (Å²) >= 11 is 0. The van der Waals surface area contributed by atoms with Crippen molar-refractivity contribution in [3.63, 3.8) is 0 Å². The van der Waals surface area contributed by atoms with Gasteiger partial charge < -0.3 is 9.88 Å². The maximum absolute atomic E-state index is 3.86. The quantitative estimate of drug-likeness (QED) is 0.612. The van der Waals surface area contributed by atoms with Crippen LogP contribution in [-0.2, 0) is 6.42 Å². The fraction of sp³-hybridized carbons (Fsp3) is 0.481. The standard InChI is InChI=1S/C27H34N4/c1-3-29(4-2)20-14-12-19(13-15-20)27-30-17-8-7-11-24(30)26-25-22(16-18-31(26)27)21-9-5-6-10-23(21)28-25/h5-6,9-10,12-15,24,26-28H,3-4,7-8,11,16-18H2,1-2H3/t24-,26?,27?/m1/s1. The highest BCUT2D eigenvalue weighted by molar-refractivity contribution is 5.85. The number of piperidine rings is 1. The largest absolute Gasteiger partial charge is 0.372 e. The molecule has 4 heterocycles. The summed E-state index contributed by atoms with van der Waals surface area (Å²) < 4.78 is 0. The van der Waals surface area contributed by atoms with E-state index in [1.165, 1.54) is 53.7 Å². The first-order chi connectivity index (χ1) is 15.3. The lowest BCUT2D eigenvalue weighted by atomic mass is 9.90. The molecular formula is C27H34N4. The lowest BCUT2D eigenvalue weighted by Crippen LogP contribution is -2.38. The first-order valence-corrected chi connectivity index (χ1v) is 12.3. The Kier molecular flexibility index (Phi) is 4.81. The number of nitrogens with one attached hydrogen (secondary N) is 1. The molecule has 0 radical (unpaired) electrons. The first kappa shape index (κ1) is 19.4. The van der Waals surface area contributed by atoms with Gasteiger partial charge in [-0.3, -0.25) is 9.80 Å². The summed E-state index contributed by atoms with van der Waals surface area (Å²) in [5.74, 6) is 0. The van der Waals surface area contributed by atoms with Gasteiger partial charge in [-0.05, 0) is 62.4 Å². The van der Waals surface area contributed by atoms with Crippen molar-refractivity contribution in [3.05, 3.63) is 65.4 Å². The van der Waals surface area contributed by atoms with Gasteiger partial charge in [-0.25, -0.2) is 0 Å². The summed E-state index contributed by atoms with van der Waals surface area (Å²) in [5.41, 5.74) is 7.18. The number of aromatic nitrogens is 1. The molecule has 3 aliphatic rings. The Morgan fingerprint density at radius 2 is 1.74 bits per heavy atom. The van der Waals surface area contributed by atoms with Crippen LogP contribution in [0.1, 0.15) is 62.1 Å². The number of hydrogen-bond donors (Lipinski definition) is 1. The highest BCUT2D eigenvalue weighted by Gasteiger charge is 2.51. The van der Waals surface area contributed by atoms with Gasteiger partial charge in [0.25, 0.3) is 0 Å². The van der Waals surface area contributed by atoms with Crippen LogP contribution in [0.2, 0.25) is 0 Å². The second-order valence-corrected chi connectivity index (χ2v) is 9.43. The fourth-order valence-corrected chi connectivity index (χ4v) is 6.62. The zero-order valence-corrected chi connectivity index (χ0v) is 18.8. The molecule has 0 amide bonds. The van der Waals surface area contributed by atoms with Gasteiger partial charge in [-0.15, -0.1) is 0 Å². The molecule has 2 saturated heterocycles. The molecular weight excluding hydrogens is 380 g/mol. The van der Waals surface area contributed by atoms with Crippen LogP contribution in [0.25, 0.3) is 10.9 Å². The van der Waals surface area contributed by atoms with Crippen LogP contribution in [0.4, 0.5) is 5.69 Å². The van der Waals surface area contributed by atoms with Gasteiger partial charge in [0, 0.05) is 54.5 Å². The van der Waals surface area contributed by atoms with E-state index in [1.807, 2.05) is 0 Å². The average Bonchev–Trinajstić information content (AvgIpc) is 3.36. The van der Waals surface area contributed by atoms with Crippen molar-refractivity contribution in [1.82, 2.24) is 14.8 Å². The molecule has 0 saturated carbocycles. The molecule has 4 nitrogen and oxygen atoms in total. The van der Waals surface area contributed by atoms with Crippen LogP contribution >= 0.6 is 0 Å². The molecule has 0 spiro atoms. The predicted molar refractivity (Wildman–Crippen MR) is 129 cm³/mol. The Balaban J connectivity index is 1.40. The van der Waals surface area contributed by atoms with Crippen LogP contribution < -0.4 is 4.90 Å². The van der Waals surface area contributed by atoms with Gasteiger partial charge in [0.05, 0.1) is 12.2 Å². The van der Waals surface area contributed by atoms with E-state index >= 15 is 0 Å². The number of anilines is 1. The zero-order valence-electron chi connectivity index (χ0n) is 18.8. The summed E-state index contributed by atoms with van der Waals surface area (Å²) in [6, 6.07) is 19.5. The number of nitrogens with zero attached hydrogens (tertiary/aromatic N) is 3. The van der Waals surface area contributed by atoms with Crippen molar-refractivity contribution >= 4 is 16.6 Å². The van der Waals surface area contributed by atoms with Gasteiger partial charge >= 0.3 is 0 Å². The number of rotatable bonds is 4. The second-order valence-electron chi connectivity index (χ2n) is 9.43. The Bertz CT molecular complexity index is 1060. The summed E-state index contributed by atoms with van der Waals surface area (Å²) in [7, 11) is 0. The Morgan fingerprint density at radius 3 is 2.55 bits per heavy atom. The number of benzene rings is 2. The molecule has 3 atom stereocenters. The minimum absolute atomic E-state index is 0.403. The second kappa shape index (κ2) is 7.68. The molecule has 0 aliphatic carbocycles. The summed E-state index contributed by atoms with van der Waals surface area (Å²) in [4.78, 5) is 11.9. The van der Waals surface area contributed by atoms with Crippen molar-refractivity contribution in [2.24, 2.45) is 0 Å². The monoisotopic (exact) mass is 414 g/mol. The van der Waals surface area contributed by atoms with E-state index in [0.717, 1.165) is 26.1 Å². The predicted octanol–water partition coefficient (Wildman–Crippen LogP) is 5.48. The smallest absolute Gasteiger partial charge is 0.0895 e. The summed E-state index contributed by atoms with van der Waals surface area (Å²) in [6.45, 7) is 8.96. The third-order valence-corrected chi connectivity index (χ3v) is 8.02. The van der Waals surface area contributed by atoms with Crippen molar-refractivity contribution in [2.75, 3.05) is 31.1 Å². The molecule has 1 N–H and O–H groups in total. The Labute approximate surface area is 185 Å². The van der Waals surface area contributed by atoms with Gasteiger partial charge in [0.15, 0.2) is 0 Å². The van der Waals surface area contributed by atoms with E-state index in [-0.39, 0.29) is 0 Å². The molecule has 0 bridgehead atoms. The van der Waals surface area contributed by atoms with E-state index in [1.54, 1.807) is 5.56 Å². The first-order valence-electron chi connectivity index (χ1n) is 12.3. The van der Waals surface area contributed by atoms with Crippen molar-refractivity contribution in [3.8, 4) is 0 Å². The lowest BCUT2D eigenvalue weighted by molar-refractivity contribution is 0.0977. The van der Waals surface area contributed by atoms with Gasteiger partial charge in [-0.2, -0.15) is 0 Å². The van der Waals surface area contributed by atoms with E-state index in [2.05, 4.69) is 82.1 Å². The topological polar surface area (TPSA) is 25.5 Å². The van der Waals surface area contributed by atoms with Gasteiger partial charge in [0.2, 0.25) is 0 Å². The molecule has 3 aliphatic heterocycles. The molecule has 6 rings (SSSR count). The minimum atomic E-state index is 0.403. The van der Waals surface area contributed by atoms with E-state index < -0.39 is 0 Å². The molecule has 2 aromatic carbocycles. The summed E-state index contributed by atoms with van der Waals surface area (Å²) in [6.07, 6.45) is 5.54. The van der Waals surface area contributed by atoms with Crippen LogP contribution in [0, 0.1) is 0 Å². The van der Waals surface area contributed by atoms with Crippen molar-refractivity contribution in [2.45, 2.75) is 57.8 Å². The van der Waals surface area contributed by atoms with Crippen molar-refractivity contribution in [1.29, 1.82) is 0 Å². The molecule has 4 heteroatoms. The number of para-hydroxylation sites is 1. The van der Waals surface area contributed by atoms with Crippen molar-refractivity contribution < 1.29 is 0 Å². The molecule has 2 fully saturated rings. The number of hydrogen-bond acceptors (Lipinski definition) is 3. The SMILES string of the molecule is CCN(CC)c1ccc(C2N3CCc4c([nH]c5ccccc45)C3[C@H]3CCCCN23)cc1. The van der Waals surface area contributed by atoms with Gasteiger partial charge in [-0.1, -0.05) is 36.8 Å². The molecule has 31 heavy (non-hydrogen) atoms. The van der Waals surface area contributed by atoms with Crippen LogP contribution in [0.5, 0.6) is 0 Å². The molecule has 2 unspecified atom stereocenters. The third kappa shape index (κ3) is 2.95. The van der Waals surface area contributed by atoms with Crippen LogP contribution in [0.3, 0.4) is 0 Å². The van der Waals surface area contributed by atoms with E-state index in [4.69, 9.17) is 0 Å². The van der Waals surface area contributed by atoms with Crippen LogP contribution in [0.15, 0.2) is 48.5 Å². The van der Waals surface area contributed by atoms with E-state index in [0.29, 0.717) is 18.2 Å². The summed E-state index contributed by atoms with van der Waals surface area (Å²) in [5, 5.41) is 1.44. The number of fused-ring (bicyclic) bond motifs is 7. The maximum Gasteiger partial charge on any atom is 0.0895 e. The van der Waals surface area contributed by atoms with Crippen LogP contribution in [-0.4, -0.2) is 47.0 Å². The Hall–Kier alpha value is -2.30. The highest BCUT2D eigenvalue weighted by atomic mass is 15.5. The normalized spacial score (nSPS) is 25.9. The number of H-pyrrole nitrogens is 1. The minimum Gasteiger partial charge on any atom is -0.372 e. The number of aromatic amines is 1. The highest BCUT2D eigenvalue weighted by Crippen LogP contribution is 2.51. The average molecular weight is 415 g/mol. The Morgan fingerprint density at radius 1 is 0.935 bits per heavy atom. The van der Waals surface area contributed by atoms with E-state index in [9.17, 15) is 0 Å². The molecule has 3 aromatic rings. The third-order valence-electron chi connectivity index (χ3n) is 8.02. The van der Waals surface area contributed by atoms with Gasteiger partial charge in [0.1, 0.15) is 0 Å².